The minimum absolute atomic E-state index is 0.188. The van der Waals surface area contributed by atoms with Crippen molar-refractivity contribution in [3.63, 3.8) is 0 Å². The Morgan fingerprint density at radius 2 is 1.82 bits per heavy atom. The number of anilines is 2. The number of hydrogen-bond acceptors (Lipinski definition) is 4. The van der Waals surface area contributed by atoms with Gasteiger partial charge in [0.1, 0.15) is 5.75 Å². The maximum absolute atomic E-state index is 12.2. The highest BCUT2D eigenvalue weighted by Gasteiger charge is 2.08. The van der Waals surface area contributed by atoms with E-state index in [2.05, 4.69) is 10.6 Å². The Morgan fingerprint density at radius 1 is 1.04 bits per heavy atom. The monoisotopic (exact) mass is 412 g/mol. The van der Waals surface area contributed by atoms with Crippen molar-refractivity contribution in [2.75, 3.05) is 17.7 Å². The third-order valence-corrected chi connectivity index (χ3v) is 4.84. The van der Waals surface area contributed by atoms with Crippen LogP contribution < -0.4 is 15.4 Å². The second-order valence-corrected chi connectivity index (χ2v) is 7.11. The zero-order valence-electron chi connectivity index (χ0n) is 14.9. The van der Waals surface area contributed by atoms with Crippen molar-refractivity contribution in [2.45, 2.75) is 0 Å². The van der Waals surface area contributed by atoms with Crippen LogP contribution in [0.4, 0.5) is 11.4 Å². The van der Waals surface area contributed by atoms with Gasteiger partial charge in [0.05, 0.1) is 12.0 Å². The van der Waals surface area contributed by atoms with Crippen molar-refractivity contribution in [1.29, 1.82) is 0 Å². The van der Waals surface area contributed by atoms with Gasteiger partial charge >= 0.3 is 0 Å². The van der Waals surface area contributed by atoms with E-state index in [-0.39, 0.29) is 11.8 Å². The van der Waals surface area contributed by atoms with E-state index in [1.165, 1.54) is 17.4 Å². The molecule has 0 fully saturated rings. The van der Waals surface area contributed by atoms with E-state index in [1.54, 1.807) is 61.7 Å². The van der Waals surface area contributed by atoms with Crippen LogP contribution in [0.15, 0.2) is 66.1 Å². The summed E-state index contributed by atoms with van der Waals surface area (Å²) in [4.78, 5) is 25.0. The van der Waals surface area contributed by atoms with Crippen LogP contribution in [0.2, 0.25) is 5.02 Å². The number of carbonyl (C=O) groups excluding carboxylic acids is 2. The zero-order valence-corrected chi connectivity index (χ0v) is 16.5. The molecule has 1 heterocycles. The normalized spacial score (nSPS) is 10.6. The zero-order chi connectivity index (χ0) is 19.9. The number of nitrogens with one attached hydrogen (secondary N) is 2. The minimum Gasteiger partial charge on any atom is -0.496 e. The van der Waals surface area contributed by atoms with Crippen molar-refractivity contribution >= 4 is 52.2 Å². The molecule has 3 rings (SSSR count). The Kier molecular flexibility index (Phi) is 6.47. The Hall–Kier alpha value is -3.09. The van der Waals surface area contributed by atoms with Crippen LogP contribution in [-0.2, 0) is 4.79 Å². The highest BCUT2D eigenvalue weighted by atomic mass is 35.5. The Morgan fingerprint density at radius 3 is 2.54 bits per heavy atom. The minimum atomic E-state index is -0.316. The van der Waals surface area contributed by atoms with Gasteiger partial charge in [0.2, 0.25) is 5.91 Å². The molecule has 1 aromatic heterocycles. The van der Waals surface area contributed by atoms with Gasteiger partial charge in [-0.3, -0.25) is 9.59 Å². The summed E-state index contributed by atoms with van der Waals surface area (Å²) in [5.41, 5.74) is 1.86. The molecule has 2 N–H and O–H groups in total. The molecular formula is C21H17ClN2O3S. The highest BCUT2D eigenvalue weighted by Crippen LogP contribution is 2.24. The number of methoxy groups -OCH3 is 1. The number of carbonyl (C=O) groups is 2. The fourth-order valence-electron chi connectivity index (χ4n) is 2.46. The quantitative estimate of drug-likeness (QED) is 0.539. The third kappa shape index (κ3) is 5.22. The van der Waals surface area contributed by atoms with Gasteiger partial charge in [0.15, 0.2) is 0 Å². The SMILES string of the molecule is COc1ccc(Cl)cc1C=CC(=O)Nc1cccc(NC(=O)c2cccs2)c1. The summed E-state index contributed by atoms with van der Waals surface area (Å²) in [6.45, 7) is 0. The summed E-state index contributed by atoms with van der Waals surface area (Å²) in [5.74, 6) is 0.113. The van der Waals surface area contributed by atoms with Crippen LogP contribution >= 0.6 is 22.9 Å². The lowest BCUT2D eigenvalue weighted by atomic mass is 10.2. The number of benzene rings is 2. The molecule has 28 heavy (non-hydrogen) atoms. The Balaban J connectivity index is 1.66. The average Bonchev–Trinajstić information content (AvgIpc) is 3.22. The number of halogens is 1. The summed E-state index contributed by atoms with van der Waals surface area (Å²) in [6.07, 6.45) is 3.02. The van der Waals surface area contributed by atoms with E-state index in [4.69, 9.17) is 16.3 Å². The van der Waals surface area contributed by atoms with Crippen molar-refractivity contribution in [2.24, 2.45) is 0 Å². The highest BCUT2D eigenvalue weighted by molar-refractivity contribution is 7.12. The lowest BCUT2D eigenvalue weighted by Gasteiger charge is -2.07. The summed E-state index contributed by atoms with van der Waals surface area (Å²) >= 11 is 7.35. The summed E-state index contributed by atoms with van der Waals surface area (Å²) in [6, 6.07) is 15.7. The van der Waals surface area contributed by atoms with E-state index < -0.39 is 0 Å². The maximum Gasteiger partial charge on any atom is 0.265 e. The van der Waals surface area contributed by atoms with Gasteiger partial charge in [-0.2, -0.15) is 0 Å². The molecule has 142 valence electrons. The van der Waals surface area contributed by atoms with Gasteiger partial charge in [0.25, 0.3) is 5.91 Å². The first-order chi connectivity index (χ1) is 13.5. The Labute approximate surface area is 171 Å². The van der Waals surface area contributed by atoms with Gasteiger partial charge in [0, 0.05) is 28.0 Å². The number of amides is 2. The second kappa shape index (κ2) is 9.21. The van der Waals surface area contributed by atoms with Crippen LogP contribution in [0.3, 0.4) is 0 Å². The summed E-state index contributed by atoms with van der Waals surface area (Å²) in [7, 11) is 1.55. The van der Waals surface area contributed by atoms with Gasteiger partial charge < -0.3 is 15.4 Å². The summed E-state index contributed by atoms with van der Waals surface area (Å²) < 4.78 is 5.25. The molecule has 0 aliphatic rings. The molecule has 7 heteroatoms. The standard InChI is InChI=1S/C21H17ClN2O3S/c1-27-18-9-8-15(22)12-14(18)7-10-20(25)23-16-4-2-5-17(13-16)24-21(26)19-6-3-11-28-19/h2-13H,1H3,(H,23,25)(H,24,26). The molecule has 0 unspecified atom stereocenters. The van der Waals surface area contributed by atoms with E-state index in [9.17, 15) is 9.59 Å². The first kappa shape index (κ1) is 19.7. The van der Waals surface area contributed by atoms with E-state index in [0.717, 1.165) is 0 Å². The first-order valence-corrected chi connectivity index (χ1v) is 9.58. The molecule has 0 saturated heterocycles. The van der Waals surface area contributed by atoms with Crippen molar-refractivity contribution in [1.82, 2.24) is 0 Å². The topological polar surface area (TPSA) is 67.4 Å². The third-order valence-electron chi connectivity index (χ3n) is 3.74. The molecule has 2 aromatic carbocycles. The van der Waals surface area contributed by atoms with Gasteiger partial charge in [-0.15, -0.1) is 11.3 Å². The molecule has 0 bridgehead atoms. The van der Waals surface area contributed by atoms with Crippen molar-refractivity contribution in [3.05, 3.63) is 81.5 Å². The molecule has 2 amide bonds. The lowest BCUT2D eigenvalue weighted by molar-refractivity contribution is -0.111. The Bertz CT molecular complexity index is 1020. The molecule has 0 aliphatic heterocycles. The van der Waals surface area contributed by atoms with Crippen LogP contribution in [-0.4, -0.2) is 18.9 Å². The van der Waals surface area contributed by atoms with Crippen LogP contribution in [0.5, 0.6) is 5.75 Å². The average molecular weight is 413 g/mol. The molecule has 0 spiro atoms. The fourth-order valence-corrected chi connectivity index (χ4v) is 3.26. The van der Waals surface area contributed by atoms with Gasteiger partial charge in [-0.1, -0.05) is 23.7 Å². The molecule has 0 radical (unpaired) electrons. The molecule has 0 atom stereocenters. The number of hydrogen-bond donors (Lipinski definition) is 2. The number of ether oxygens (including phenoxy) is 1. The molecule has 3 aromatic rings. The van der Waals surface area contributed by atoms with Crippen LogP contribution in [0.1, 0.15) is 15.2 Å². The van der Waals surface area contributed by atoms with Crippen LogP contribution in [0.25, 0.3) is 6.08 Å². The molecule has 0 aliphatic carbocycles. The smallest absolute Gasteiger partial charge is 0.265 e. The van der Waals surface area contributed by atoms with Gasteiger partial charge in [-0.25, -0.2) is 0 Å². The second-order valence-electron chi connectivity index (χ2n) is 5.72. The number of thiophene rings is 1. The lowest BCUT2D eigenvalue weighted by Crippen LogP contribution is -2.11. The van der Waals surface area contributed by atoms with E-state index in [1.807, 2.05) is 11.4 Å². The number of rotatable bonds is 6. The fraction of sp³-hybridized carbons (Fsp3) is 0.0476. The van der Waals surface area contributed by atoms with E-state index in [0.29, 0.717) is 32.6 Å². The first-order valence-electron chi connectivity index (χ1n) is 8.32. The molecular weight excluding hydrogens is 396 g/mol. The van der Waals surface area contributed by atoms with Crippen LogP contribution in [0, 0.1) is 0 Å². The predicted octanol–water partition coefficient (Wildman–Crippen LogP) is 5.31. The predicted molar refractivity (Wildman–Crippen MR) is 114 cm³/mol. The largest absolute Gasteiger partial charge is 0.496 e. The van der Waals surface area contributed by atoms with E-state index >= 15 is 0 Å². The van der Waals surface area contributed by atoms with Crippen molar-refractivity contribution in [3.8, 4) is 5.75 Å². The maximum atomic E-state index is 12.2. The van der Waals surface area contributed by atoms with Gasteiger partial charge in [-0.05, 0) is 53.9 Å². The summed E-state index contributed by atoms with van der Waals surface area (Å²) in [5, 5.41) is 7.96. The molecule has 0 saturated carbocycles. The molecule has 5 nitrogen and oxygen atoms in total. The van der Waals surface area contributed by atoms with Crippen molar-refractivity contribution < 1.29 is 14.3 Å².